The minimum absolute atomic E-state index is 0. The predicted octanol–water partition coefficient (Wildman–Crippen LogP) is 3.98. The van der Waals surface area contributed by atoms with Crippen LogP contribution in [0.5, 0.6) is 0 Å². The van der Waals surface area contributed by atoms with Gasteiger partial charge < -0.3 is 27.7 Å². The quantitative estimate of drug-likeness (QED) is 0.209. The molecule has 1 radical (unpaired) electrons. The van der Waals surface area contributed by atoms with Crippen LogP contribution in [-0.2, 0) is 39.4 Å². The fraction of sp³-hybridized carbons (Fsp3) is 1.00. The summed E-state index contributed by atoms with van der Waals surface area (Å²) in [6.07, 6.45) is 9.23. The van der Waals surface area contributed by atoms with Crippen molar-refractivity contribution < 1.29 is 26.9 Å². The summed E-state index contributed by atoms with van der Waals surface area (Å²) in [6, 6.07) is 0. The molecular formula is C16H34CuO2PS2-3. The van der Waals surface area contributed by atoms with Crippen molar-refractivity contribution >= 4 is 28.0 Å². The minimum atomic E-state index is -3.55. The molecule has 0 unspecified atom stereocenters. The summed E-state index contributed by atoms with van der Waals surface area (Å²) in [6.45, 7) is 8.93. The molecule has 0 aliphatic carbocycles. The zero-order chi connectivity index (χ0) is 16.3. The van der Waals surface area contributed by atoms with E-state index >= 15 is 0 Å². The van der Waals surface area contributed by atoms with Crippen LogP contribution in [0.25, 0.3) is 0 Å². The molecule has 6 heteroatoms. The van der Waals surface area contributed by atoms with Gasteiger partial charge in [0.15, 0.2) is 0 Å². The Labute approximate surface area is 157 Å². The maximum Gasteiger partial charge on any atom is 0 e. The Bertz CT molecular complexity index is 289. The Morgan fingerprint density at radius 3 is 1.41 bits per heavy atom. The zero-order valence-electron chi connectivity index (χ0n) is 14.6. The van der Waals surface area contributed by atoms with Crippen molar-refractivity contribution in [1.82, 2.24) is 0 Å². The molecule has 0 heterocycles. The summed E-state index contributed by atoms with van der Waals surface area (Å²) in [5.41, 5.74) is -3.55. The molecule has 0 fully saturated rings. The third kappa shape index (κ3) is 16.4. The van der Waals surface area contributed by atoms with Crippen LogP contribution >= 0.6 is 5.69 Å². The standard InChI is InChI=1S/C16H34O2PS2.Cu/c1-15(2)11-7-5-9-13-21(19(17,18)20)14-10-6-8-12-16(3)4;/h15-16H,5-14H2,1-4H3;/q-3;. The fourth-order valence-electron chi connectivity index (χ4n) is 2.32. The van der Waals surface area contributed by atoms with E-state index in [1.807, 2.05) is 0 Å². The normalized spacial score (nSPS) is 12.3. The molecule has 141 valence electrons. The summed E-state index contributed by atoms with van der Waals surface area (Å²) in [5.74, 6) is 3.08. The molecule has 2 nitrogen and oxygen atoms in total. The van der Waals surface area contributed by atoms with Gasteiger partial charge in [-0.05, 0) is 36.2 Å². The van der Waals surface area contributed by atoms with Crippen molar-refractivity contribution in [2.75, 3.05) is 11.5 Å². The number of rotatable bonds is 12. The molecule has 0 saturated carbocycles. The van der Waals surface area contributed by atoms with Crippen LogP contribution in [0.1, 0.15) is 79.1 Å². The Morgan fingerprint density at radius 2 is 1.14 bits per heavy atom. The summed E-state index contributed by atoms with van der Waals surface area (Å²) in [7, 11) is -0.555. The molecule has 0 aromatic heterocycles. The maximum absolute atomic E-state index is 11.7. The van der Waals surface area contributed by atoms with Gasteiger partial charge in [0.25, 0.3) is 0 Å². The van der Waals surface area contributed by atoms with Crippen molar-refractivity contribution in [3.8, 4) is 0 Å². The first-order chi connectivity index (χ1) is 9.73. The molecule has 0 aromatic carbocycles. The van der Waals surface area contributed by atoms with Crippen molar-refractivity contribution in [3.63, 3.8) is 0 Å². The van der Waals surface area contributed by atoms with Crippen molar-refractivity contribution in [3.05, 3.63) is 0 Å². The second-order valence-electron chi connectivity index (χ2n) is 6.80. The molecule has 0 N–H and O–H groups in total. The van der Waals surface area contributed by atoms with Crippen LogP contribution in [0.2, 0.25) is 0 Å². The second kappa shape index (κ2) is 14.9. The van der Waals surface area contributed by atoms with Gasteiger partial charge in [-0.3, -0.25) is 0 Å². The number of hydrogen-bond acceptors (Lipinski definition) is 3. The van der Waals surface area contributed by atoms with Gasteiger partial charge in [-0.1, -0.05) is 66.2 Å². The molecule has 0 aliphatic heterocycles. The van der Waals surface area contributed by atoms with Gasteiger partial charge in [-0.15, -0.1) is 0 Å². The first-order valence-corrected chi connectivity index (χ1v) is 13.2. The number of hydrogen-bond donors (Lipinski definition) is 0. The Hall–Kier alpha value is 1.57. The van der Waals surface area contributed by atoms with Gasteiger partial charge in [0, 0.05) is 17.1 Å². The third-order valence-corrected chi connectivity index (χ3v) is 10.7. The summed E-state index contributed by atoms with van der Waals surface area (Å²) < 4.78 is 0. The predicted molar refractivity (Wildman–Crippen MR) is 98.0 cm³/mol. The molecular weight excluding hydrogens is 383 g/mol. The second-order valence-corrected chi connectivity index (χ2v) is 14.6. The largest absolute Gasteiger partial charge is 0.854 e. The minimum Gasteiger partial charge on any atom is -0.854 e. The first-order valence-electron chi connectivity index (χ1n) is 8.43. The number of unbranched alkanes of at least 4 members (excludes halogenated alkanes) is 4. The first kappa shape index (κ1) is 25.8. The summed E-state index contributed by atoms with van der Waals surface area (Å²) in [4.78, 5) is 23.5. The molecule has 0 amide bonds. The molecule has 0 saturated heterocycles. The van der Waals surface area contributed by atoms with Crippen molar-refractivity contribution in [2.45, 2.75) is 79.1 Å². The molecule has 0 bridgehead atoms. The van der Waals surface area contributed by atoms with E-state index in [2.05, 4.69) is 27.7 Å². The van der Waals surface area contributed by atoms with E-state index in [0.717, 1.165) is 49.0 Å². The molecule has 0 spiro atoms. The van der Waals surface area contributed by atoms with E-state index in [0.29, 0.717) is 0 Å². The van der Waals surface area contributed by atoms with Gasteiger partial charge in [-0.2, -0.15) is 0 Å². The Balaban J connectivity index is 0. The third-order valence-electron chi connectivity index (χ3n) is 3.64. The van der Waals surface area contributed by atoms with Gasteiger partial charge in [-0.25, -0.2) is 10.1 Å². The fourth-order valence-corrected chi connectivity index (χ4v) is 7.51. The van der Waals surface area contributed by atoms with Crippen molar-refractivity contribution in [2.24, 2.45) is 11.8 Å². The summed E-state index contributed by atoms with van der Waals surface area (Å²) >= 11 is 4.76. The molecule has 22 heavy (non-hydrogen) atoms. The Morgan fingerprint density at radius 1 is 0.773 bits per heavy atom. The van der Waals surface area contributed by atoms with Gasteiger partial charge in [0.2, 0.25) is 0 Å². The van der Waals surface area contributed by atoms with Crippen LogP contribution in [0.15, 0.2) is 0 Å². The average molecular weight is 417 g/mol. The van der Waals surface area contributed by atoms with Crippen LogP contribution < -0.4 is 9.79 Å². The summed E-state index contributed by atoms with van der Waals surface area (Å²) in [5, 5.41) is 0. The SMILES string of the molecule is CC(C)CCCCCS(CCCCCC(C)C)=P([O-])([O-])[S-].[Cu]. The smallest absolute Gasteiger partial charge is 0 e. The molecule has 0 rings (SSSR count). The van der Waals surface area contributed by atoms with Crippen molar-refractivity contribution in [1.29, 1.82) is 0 Å². The van der Waals surface area contributed by atoms with Crippen LogP contribution in [0.4, 0.5) is 0 Å². The average Bonchev–Trinajstić information content (AvgIpc) is 2.33. The van der Waals surface area contributed by atoms with E-state index in [-0.39, 0.29) is 17.1 Å². The van der Waals surface area contributed by atoms with E-state index in [1.165, 1.54) is 25.7 Å². The van der Waals surface area contributed by atoms with Crippen LogP contribution in [0.3, 0.4) is 0 Å². The Kier molecular flexibility index (Phi) is 17.4. The van der Waals surface area contributed by atoms with Crippen LogP contribution in [-0.4, -0.2) is 11.5 Å². The molecule has 0 aromatic rings. The monoisotopic (exact) mass is 416 g/mol. The van der Waals surface area contributed by atoms with Crippen LogP contribution in [0, 0.1) is 11.8 Å². The van der Waals surface area contributed by atoms with E-state index < -0.39 is 15.8 Å². The van der Waals surface area contributed by atoms with Gasteiger partial charge >= 0.3 is 0 Å². The topological polar surface area (TPSA) is 46.1 Å². The van der Waals surface area contributed by atoms with Gasteiger partial charge in [0.1, 0.15) is 0 Å². The van der Waals surface area contributed by atoms with Gasteiger partial charge in [0.05, 0.1) is 0 Å². The molecule has 0 aliphatic rings. The van der Waals surface area contributed by atoms with E-state index in [1.54, 1.807) is 0 Å². The zero-order valence-corrected chi connectivity index (χ0v) is 18.1. The molecule has 0 atom stereocenters. The van der Waals surface area contributed by atoms with E-state index in [9.17, 15) is 9.79 Å². The van der Waals surface area contributed by atoms with E-state index in [4.69, 9.17) is 12.2 Å². The maximum atomic E-state index is 11.7.